The van der Waals surface area contributed by atoms with Crippen molar-refractivity contribution in [1.29, 1.82) is 0 Å². The van der Waals surface area contributed by atoms with Crippen molar-refractivity contribution in [3.8, 4) is 0 Å². The molecular formula is C18H23N5O. The highest BCUT2D eigenvalue weighted by Gasteiger charge is 2.23. The summed E-state index contributed by atoms with van der Waals surface area (Å²) in [5.41, 5.74) is 1.60. The lowest BCUT2D eigenvalue weighted by atomic mass is 10.2. The molecule has 1 N–H and O–H groups in total. The van der Waals surface area contributed by atoms with Gasteiger partial charge in [-0.2, -0.15) is 0 Å². The number of aromatic nitrogens is 2. The number of amides is 1. The topological polar surface area (TPSA) is 61.4 Å². The van der Waals surface area contributed by atoms with E-state index < -0.39 is 0 Å². The molecule has 0 unspecified atom stereocenters. The highest BCUT2D eigenvalue weighted by molar-refractivity contribution is 5.92. The molecule has 1 fully saturated rings. The quantitative estimate of drug-likeness (QED) is 0.934. The van der Waals surface area contributed by atoms with Crippen molar-refractivity contribution in [2.45, 2.75) is 19.9 Å². The number of benzene rings is 1. The predicted octanol–water partition coefficient (Wildman–Crippen LogP) is 2.26. The molecule has 1 aliphatic rings. The monoisotopic (exact) mass is 325 g/mol. The summed E-state index contributed by atoms with van der Waals surface area (Å²) in [5.74, 6) is 0.641. The minimum atomic E-state index is -0.0497. The zero-order valence-corrected chi connectivity index (χ0v) is 14.1. The van der Waals surface area contributed by atoms with Crippen LogP contribution in [0, 0.1) is 0 Å². The van der Waals surface area contributed by atoms with E-state index in [1.165, 1.54) is 5.69 Å². The van der Waals surface area contributed by atoms with Crippen LogP contribution >= 0.6 is 0 Å². The minimum Gasteiger partial charge on any atom is -0.368 e. The van der Waals surface area contributed by atoms with Gasteiger partial charge in [0, 0.05) is 37.9 Å². The van der Waals surface area contributed by atoms with Crippen LogP contribution in [-0.4, -0.2) is 53.2 Å². The number of piperazine rings is 1. The summed E-state index contributed by atoms with van der Waals surface area (Å²) in [6.07, 6.45) is 0. The third-order valence-electron chi connectivity index (χ3n) is 4.01. The van der Waals surface area contributed by atoms with Gasteiger partial charge in [-0.05, 0) is 38.1 Å². The lowest BCUT2D eigenvalue weighted by molar-refractivity contribution is 0.0739. The van der Waals surface area contributed by atoms with Crippen molar-refractivity contribution in [2.75, 3.05) is 36.4 Å². The summed E-state index contributed by atoms with van der Waals surface area (Å²) >= 11 is 0. The number of nitrogens with one attached hydrogen (secondary N) is 1. The number of nitrogens with zero attached hydrogens (tertiary/aromatic N) is 4. The van der Waals surface area contributed by atoms with Gasteiger partial charge in [0.1, 0.15) is 5.82 Å². The Morgan fingerprint density at radius 3 is 2.29 bits per heavy atom. The van der Waals surface area contributed by atoms with Crippen LogP contribution in [0.25, 0.3) is 0 Å². The molecule has 0 spiro atoms. The lowest BCUT2D eigenvalue weighted by Gasteiger charge is -2.35. The number of anilines is 2. The van der Waals surface area contributed by atoms with Crippen molar-refractivity contribution in [3.63, 3.8) is 0 Å². The molecular weight excluding hydrogens is 302 g/mol. The fourth-order valence-electron chi connectivity index (χ4n) is 2.79. The van der Waals surface area contributed by atoms with Gasteiger partial charge >= 0.3 is 0 Å². The first-order valence-corrected chi connectivity index (χ1v) is 8.33. The van der Waals surface area contributed by atoms with Crippen LogP contribution < -0.4 is 10.2 Å². The van der Waals surface area contributed by atoms with Gasteiger partial charge in [-0.3, -0.25) is 4.79 Å². The molecule has 6 nitrogen and oxygen atoms in total. The number of rotatable bonds is 4. The molecule has 0 aliphatic carbocycles. The molecule has 6 heteroatoms. The summed E-state index contributed by atoms with van der Waals surface area (Å²) in [7, 11) is 0. The third kappa shape index (κ3) is 3.82. The molecule has 1 aromatic heterocycles. The molecule has 2 aromatic rings. The maximum Gasteiger partial charge on any atom is 0.274 e. The first-order valence-electron chi connectivity index (χ1n) is 8.33. The molecule has 3 rings (SSSR count). The van der Waals surface area contributed by atoms with E-state index >= 15 is 0 Å². The molecule has 2 heterocycles. The number of carbonyl (C=O) groups excluding carboxylic acids is 1. The molecule has 1 saturated heterocycles. The molecule has 24 heavy (non-hydrogen) atoms. The summed E-state index contributed by atoms with van der Waals surface area (Å²) in [6.45, 7) is 7.12. The van der Waals surface area contributed by atoms with Crippen LogP contribution in [-0.2, 0) is 0 Å². The van der Waals surface area contributed by atoms with E-state index in [9.17, 15) is 4.79 Å². The SMILES string of the molecule is CC(C)Nc1ccc(C(=O)N2CCN(c3ccccc3)CC2)nn1. The van der Waals surface area contributed by atoms with Crippen LogP contribution in [0.4, 0.5) is 11.5 Å². The van der Waals surface area contributed by atoms with Crippen LogP contribution in [0.1, 0.15) is 24.3 Å². The smallest absolute Gasteiger partial charge is 0.274 e. The lowest BCUT2D eigenvalue weighted by Crippen LogP contribution is -2.49. The maximum absolute atomic E-state index is 12.6. The Bertz CT molecular complexity index is 664. The van der Waals surface area contributed by atoms with Crippen molar-refractivity contribution in [2.24, 2.45) is 0 Å². The van der Waals surface area contributed by atoms with Crippen LogP contribution in [0.5, 0.6) is 0 Å². The van der Waals surface area contributed by atoms with Gasteiger partial charge in [0.25, 0.3) is 5.91 Å². The van der Waals surface area contributed by atoms with Crippen LogP contribution in [0.2, 0.25) is 0 Å². The minimum absolute atomic E-state index is 0.0497. The van der Waals surface area contributed by atoms with Crippen molar-refractivity contribution in [1.82, 2.24) is 15.1 Å². The van der Waals surface area contributed by atoms with E-state index in [2.05, 4.69) is 32.5 Å². The zero-order valence-electron chi connectivity index (χ0n) is 14.1. The largest absolute Gasteiger partial charge is 0.368 e. The van der Waals surface area contributed by atoms with Crippen molar-refractivity contribution < 1.29 is 4.79 Å². The van der Waals surface area contributed by atoms with E-state index in [1.54, 1.807) is 12.1 Å². The Kier molecular flexibility index (Phi) is 4.93. The molecule has 0 radical (unpaired) electrons. The highest BCUT2D eigenvalue weighted by Crippen LogP contribution is 2.16. The van der Waals surface area contributed by atoms with Gasteiger partial charge in [-0.25, -0.2) is 0 Å². The van der Waals surface area contributed by atoms with Gasteiger partial charge < -0.3 is 15.1 Å². The van der Waals surface area contributed by atoms with Gasteiger partial charge in [-0.1, -0.05) is 18.2 Å². The van der Waals surface area contributed by atoms with Crippen LogP contribution in [0.15, 0.2) is 42.5 Å². The second-order valence-electron chi connectivity index (χ2n) is 6.22. The first-order chi connectivity index (χ1) is 11.6. The molecule has 0 saturated carbocycles. The average Bonchev–Trinajstić information content (AvgIpc) is 2.62. The number of carbonyl (C=O) groups is 1. The molecule has 0 bridgehead atoms. The second-order valence-corrected chi connectivity index (χ2v) is 6.22. The fourth-order valence-corrected chi connectivity index (χ4v) is 2.79. The van der Waals surface area contributed by atoms with E-state index in [0.717, 1.165) is 13.1 Å². The summed E-state index contributed by atoms with van der Waals surface area (Å²) in [5, 5.41) is 11.3. The summed E-state index contributed by atoms with van der Waals surface area (Å²) in [6, 6.07) is 14.1. The summed E-state index contributed by atoms with van der Waals surface area (Å²) in [4.78, 5) is 16.7. The van der Waals surface area contributed by atoms with E-state index in [4.69, 9.17) is 0 Å². The fraction of sp³-hybridized carbons (Fsp3) is 0.389. The maximum atomic E-state index is 12.6. The zero-order chi connectivity index (χ0) is 16.9. The Balaban J connectivity index is 1.59. The second kappa shape index (κ2) is 7.29. The molecule has 1 amide bonds. The van der Waals surface area contributed by atoms with E-state index in [0.29, 0.717) is 24.6 Å². The molecule has 1 aromatic carbocycles. The predicted molar refractivity (Wildman–Crippen MR) is 95.3 cm³/mol. The van der Waals surface area contributed by atoms with Crippen LogP contribution in [0.3, 0.4) is 0 Å². The summed E-state index contributed by atoms with van der Waals surface area (Å²) < 4.78 is 0. The first kappa shape index (κ1) is 16.2. The Morgan fingerprint density at radius 2 is 1.71 bits per heavy atom. The van der Waals surface area contributed by atoms with Crippen molar-refractivity contribution in [3.05, 3.63) is 48.2 Å². The molecule has 0 atom stereocenters. The Hall–Kier alpha value is -2.63. The van der Waals surface area contributed by atoms with Crippen molar-refractivity contribution >= 4 is 17.4 Å². The van der Waals surface area contributed by atoms with Gasteiger partial charge in [0.2, 0.25) is 0 Å². The number of para-hydroxylation sites is 1. The standard InChI is InChI=1S/C18H23N5O/c1-14(2)19-17-9-8-16(20-21-17)18(24)23-12-10-22(11-13-23)15-6-4-3-5-7-15/h3-9,14H,10-13H2,1-2H3,(H,19,21). The number of hydrogen-bond donors (Lipinski definition) is 1. The average molecular weight is 325 g/mol. The number of hydrogen-bond acceptors (Lipinski definition) is 5. The molecule has 126 valence electrons. The Morgan fingerprint density at radius 1 is 1.00 bits per heavy atom. The van der Waals surface area contributed by atoms with Gasteiger partial charge in [-0.15, -0.1) is 10.2 Å². The normalized spacial score (nSPS) is 14.8. The molecule has 1 aliphatic heterocycles. The third-order valence-corrected chi connectivity index (χ3v) is 4.01. The Labute approximate surface area is 142 Å². The van der Waals surface area contributed by atoms with Gasteiger partial charge in [0.05, 0.1) is 0 Å². The van der Waals surface area contributed by atoms with Gasteiger partial charge in [0.15, 0.2) is 5.69 Å². The van der Waals surface area contributed by atoms with E-state index in [-0.39, 0.29) is 11.9 Å². The highest BCUT2D eigenvalue weighted by atomic mass is 16.2. The van der Waals surface area contributed by atoms with E-state index in [1.807, 2.05) is 36.9 Å².